The minimum atomic E-state index is -0.172. The molecule has 0 aliphatic carbocycles. The first-order chi connectivity index (χ1) is 9.25. The van der Waals surface area contributed by atoms with Gasteiger partial charge in [-0.3, -0.25) is 9.78 Å². The van der Waals surface area contributed by atoms with Crippen molar-refractivity contribution < 1.29 is 4.79 Å². The summed E-state index contributed by atoms with van der Waals surface area (Å²) in [6.45, 7) is 0. The maximum absolute atomic E-state index is 12.4. The number of nitrogen functional groups attached to an aromatic ring is 1. The second kappa shape index (κ2) is 4.45. The largest absolute Gasteiger partial charge is 0.399 e. The SMILES string of the molecule is Nc1ccc(C(=O)c2nnc3ccnccc2-3)cc1. The standard InChI is InChI=1S/C14H10N4O/c15-10-3-1-9(2-4-10)14(19)13-11-5-7-16-8-6-12(11)17-18-13/h1-8H,15H2. The quantitative estimate of drug-likeness (QED) is 0.554. The summed E-state index contributed by atoms with van der Waals surface area (Å²) < 4.78 is 0. The van der Waals surface area contributed by atoms with E-state index in [1.54, 1.807) is 48.8 Å². The van der Waals surface area contributed by atoms with Crippen molar-refractivity contribution in [2.45, 2.75) is 0 Å². The third-order valence-corrected chi connectivity index (χ3v) is 2.82. The Morgan fingerprint density at radius 1 is 0.947 bits per heavy atom. The van der Waals surface area contributed by atoms with E-state index in [2.05, 4.69) is 15.2 Å². The molecule has 0 atom stereocenters. The predicted octanol–water partition coefficient (Wildman–Crippen LogP) is 1.79. The molecule has 0 amide bonds. The van der Waals surface area contributed by atoms with Crippen LogP contribution < -0.4 is 5.73 Å². The van der Waals surface area contributed by atoms with Crippen molar-refractivity contribution in [1.29, 1.82) is 0 Å². The Kier molecular flexibility index (Phi) is 2.64. The van der Waals surface area contributed by atoms with Crippen LogP contribution in [-0.4, -0.2) is 21.0 Å². The summed E-state index contributed by atoms with van der Waals surface area (Å²) in [5, 5.41) is 7.95. The molecule has 0 bridgehead atoms. The van der Waals surface area contributed by atoms with Crippen LogP contribution >= 0.6 is 0 Å². The molecular formula is C14H10N4O. The first kappa shape index (κ1) is 11.3. The summed E-state index contributed by atoms with van der Waals surface area (Å²) in [5.41, 5.74) is 8.43. The second-order valence-corrected chi connectivity index (χ2v) is 4.08. The number of rotatable bonds is 2. The highest BCUT2D eigenvalue weighted by Gasteiger charge is 2.19. The number of benzene rings is 1. The lowest BCUT2D eigenvalue weighted by Crippen LogP contribution is -2.03. The third kappa shape index (κ3) is 2.01. The number of nitrogens with zero attached hydrogens (tertiary/aromatic N) is 3. The highest BCUT2D eigenvalue weighted by Crippen LogP contribution is 2.23. The number of carbonyl (C=O) groups excluding carboxylic acids is 1. The van der Waals surface area contributed by atoms with Crippen LogP contribution in [0.5, 0.6) is 0 Å². The number of aromatic nitrogens is 3. The molecule has 2 aliphatic heterocycles. The molecule has 0 spiro atoms. The fourth-order valence-corrected chi connectivity index (χ4v) is 1.84. The summed E-state index contributed by atoms with van der Waals surface area (Å²) in [6.07, 6.45) is 3.24. The monoisotopic (exact) mass is 250 g/mol. The van der Waals surface area contributed by atoms with Gasteiger partial charge in [-0.25, -0.2) is 0 Å². The van der Waals surface area contributed by atoms with Gasteiger partial charge in [-0.1, -0.05) is 0 Å². The van der Waals surface area contributed by atoms with E-state index in [0.717, 1.165) is 0 Å². The molecule has 0 saturated carbocycles. The molecule has 0 fully saturated rings. The van der Waals surface area contributed by atoms with Crippen molar-refractivity contribution in [3.63, 3.8) is 0 Å². The number of carbonyl (C=O) groups is 1. The van der Waals surface area contributed by atoms with Gasteiger partial charge in [-0.2, -0.15) is 0 Å². The van der Waals surface area contributed by atoms with Crippen LogP contribution in [0.15, 0.2) is 48.8 Å². The molecule has 0 radical (unpaired) electrons. The lowest BCUT2D eigenvalue weighted by atomic mass is 10.0. The van der Waals surface area contributed by atoms with Gasteiger partial charge in [0, 0.05) is 29.2 Å². The van der Waals surface area contributed by atoms with E-state index in [4.69, 9.17) is 5.73 Å². The van der Waals surface area contributed by atoms with Gasteiger partial charge in [-0.05, 0) is 36.4 Å². The number of ketones is 1. The number of anilines is 1. The predicted molar refractivity (Wildman–Crippen MR) is 70.7 cm³/mol. The molecular weight excluding hydrogens is 240 g/mol. The second-order valence-electron chi connectivity index (χ2n) is 4.08. The van der Waals surface area contributed by atoms with Crippen LogP contribution in [-0.2, 0) is 0 Å². The van der Waals surface area contributed by atoms with E-state index in [9.17, 15) is 4.79 Å². The van der Waals surface area contributed by atoms with Gasteiger partial charge in [0.15, 0.2) is 0 Å². The smallest absolute Gasteiger partial charge is 0.213 e. The van der Waals surface area contributed by atoms with Crippen molar-refractivity contribution >= 4 is 11.5 Å². The molecule has 2 aliphatic rings. The Morgan fingerprint density at radius 3 is 2.47 bits per heavy atom. The first-order valence-corrected chi connectivity index (χ1v) is 5.72. The van der Waals surface area contributed by atoms with Crippen LogP contribution in [0.4, 0.5) is 5.69 Å². The molecule has 5 nitrogen and oxygen atoms in total. The van der Waals surface area contributed by atoms with Crippen molar-refractivity contribution in [2.75, 3.05) is 5.73 Å². The van der Waals surface area contributed by atoms with Gasteiger partial charge in [0.25, 0.3) is 0 Å². The molecule has 5 heteroatoms. The highest BCUT2D eigenvalue weighted by molar-refractivity contribution is 6.11. The fraction of sp³-hybridized carbons (Fsp3) is 0. The first-order valence-electron chi connectivity index (χ1n) is 5.72. The van der Waals surface area contributed by atoms with Crippen molar-refractivity contribution in [2.24, 2.45) is 0 Å². The van der Waals surface area contributed by atoms with Gasteiger partial charge >= 0.3 is 0 Å². The van der Waals surface area contributed by atoms with Gasteiger partial charge in [0.1, 0.15) is 5.69 Å². The average molecular weight is 250 g/mol. The fourth-order valence-electron chi connectivity index (χ4n) is 1.84. The van der Waals surface area contributed by atoms with Crippen LogP contribution in [0.2, 0.25) is 0 Å². The number of fused-ring (bicyclic) bond motifs is 1. The lowest BCUT2D eigenvalue weighted by molar-refractivity contribution is 0.103. The Bertz CT molecular complexity index is 709. The number of hydrogen-bond acceptors (Lipinski definition) is 5. The van der Waals surface area contributed by atoms with Gasteiger partial charge in [-0.15, -0.1) is 10.2 Å². The van der Waals surface area contributed by atoms with Gasteiger partial charge in [0.2, 0.25) is 5.78 Å². The van der Waals surface area contributed by atoms with E-state index >= 15 is 0 Å². The molecule has 0 unspecified atom stereocenters. The minimum absolute atomic E-state index is 0.172. The van der Waals surface area contributed by atoms with E-state index in [1.165, 1.54) is 0 Å². The number of hydrogen-bond donors (Lipinski definition) is 1. The average Bonchev–Trinajstić information content (AvgIpc) is 2.68. The zero-order valence-electron chi connectivity index (χ0n) is 9.95. The van der Waals surface area contributed by atoms with Crippen LogP contribution in [0.25, 0.3) is 11.3 Å². The summed E-state index contributed by atoms with van der Waals surface area (Å²) in [5.74, 6) is -0.172. The Morgan fingerprint density at radius 2 is 1.68 bits per heavy atom. The molecule has 1 aromatic carbocycles. The lowest BCUT2D eigenvalue weighted by Gasteiger charge is -1.99. The van der Waals surface area contributed by atoms with E-state index in [1.807, 2.05) is 0 Å². The molecule has 0 saturated heterocycles. The normalized spacial score (nSPS) is 10.5. The van der Waals surface area contributed by atoms with E-state index in [-0.39, 0.29) is 5.78 Å². The number of nitrogens with two attached hydrogens (primary N) is 1. The van der Waals surface area contributed by atoms with Crippen LogP contribution in [0, 0.1) is 0 Å². The highest BCUT2D eigenvalue weighted by atomic mass is 16.1. The van der Waals surface area contributed by atoms with Crippen molar-refractivity contribution in [3.05, 3.63) is 60.0 Å². The summed E-state index contributed by atoms with van der Waals surface area (Å²) in [7, 11) is 0. The summed E-state index contributed by atoms with van der Waals surface area (Å²) in [4.78, 5) is 16.4. The summed E-state index contributed by atoms with van der Waals surface area (Å²) >= 11 is 0. The van der Waals surface area contributed by atoms with Crippen molar-refractivity contribution in [1.82, 2.24) is 15.2 Å². The van der Waals surface area contributed by atoms with E-state index < -0.39 is 0 Å². The Balaban J connectivity index is 2.07. The molecule has 3 rings (SSSR count). The molecule has 2 heterocycles. The van der Waals surface area contributed by atoms with Gasteiger partial charge < -0.3 is 5.73 Å². The zero-order valence-corrected chi connectivity index (χ0v) is 9.95. The maximum atomic E-state index is 12.4. The maximum Gasteiger partial charge on any atom is 0.213 e. The Hall–Kier alpha value is -2.82. The topological polar surface area (TPSA) is 81.8 Å². The van der Waals surface area contributed by atoms with E-state index in [0.29, 0.717) is 28.2 Å². The minimum Gasteiger partial charge on any atom is -0.399 e. The molecule has 19 heavy (non-hydrogen) atoms. The van der Waals surface area contributed by atoms with Crippen LogP contribution in [0.3, 0.4) is 0 Å². The zero-order chi connectivity index (χ0) is 13.2. The Labute approximate surface area is 109 Å². The summed E-state index contributed by atoms with van der Waals surface area (Å²) in [6, 6.07) is 10.2. The van der Waals surface area contributed by atoms with Gasteiger partial charge in [0.05, 0.1) is 5.69 Å². The molecule has 0 aromatic heterocycles. The molecule has 92 valence electrons. The van der Waals surface area contributed by atoms with Crippen LogP contribution in [0.1, 0.15) is 16.1 Å². The van der Waals surface area contributed by atoms with Crippen molar-refractivity contribution in [3.8, 4) is 11.3 Å². The molecule has 1 aromatic rings. The third-order valence-electron chi connectivity index (χ3n) is 2.82. The molecule has 2 N–H and O–H groups in total.